The van der Waals surface area contributed by atoms with Crippen LogP contribution in [0.5, 0.6) is 11.5 Å². The average Bonchev–Trinajstić information content (AvgIpc) is 2.62. The lowest BCUT2D eigenvalue weighted by molar-refractivity contribution is -0.385. The van der Waals surface area contributed by atoms with Crippen LogP contribution in [0.3, 0.4) is 0 Å². The van der Waals surface area contributed by atoms with Gasteiger partial charge in [-0.2, -0.15) is 18.4 Å². The number of nitro benzene ring substituents is 1. The molecule has 0 heterocycles. The Hall–Kier alpha value is -3.32. The Bertz CT molecular complexity index is 974. The van der Waals surface area contributed by atoms with Gasteiger partial charge in [0.05, 0.1) is 34.4 Å². The number of nitriles is 1. The van der Waals surface area contributed by atoms with E-state index in [4.69, 9.17) is 21.6 Å². The predicted molar refractivity (Wildman–Crippen MR) is 96.6 cm³/mol. The van der Waals surface area contributed by atoms with Crippen molar-refractivity contribution in [3.8, 4) is 17.6 Å². The average molecular weight is 428 g/mol. The molecule has 0 aromatic heterocycles. The molecule has 0 bridgehead atoms. The summed E-state index contributed by atoms with van der Waals surface area (Å²) >= 11 is 5.84. The summed E-state index contributed by atoms with van der Waals surface area (Å²) < 4.78 is 43.6. The Morgan fingerprint density at radius 1 is 1.28 bits per heavy atom. The highest BCUT2D eigenvalue weighted by atomic mass is 35.5. The number of hydrogen-bond acceptors (Lipinski definition) is 5. The van der Waals surface area contributed by atoms with Crippen LogP contribution in [0.25, 0.3) is 0 Å². The number of alkyl halides is 3. The Morgan fingerprint density at radius 3 is 2.59 bits per heavy atom. The third kappa shape index (κ3) is 6.08. The molecular weight excluding hydrogens is 415 g/mol. The summed E-state index contributed by atoms with van der Waals surface area (Å²) in [6, 6.07) is 7.95. The molecule has 7 nitrogen and oxygen atoms in total. The Balaban J connectivity index is 2.25. The van der Waals surface area contributed by atoms with Gasteiger partial charge >= 0.3 is 6.18 Å². The number of hydrogen-bond donors (Lipinski definition) is 1. The van der Waals surface area contributed by atoms with Gasteiger partial charge in [0, 0.05) is 18.2 Å². The summed E-state index contributed by atoms with van der Waals surface area (Å²) in [6.07, 6.45) is -4.83. The molecule has 0 saturated heterocycles. The molecule has 152 valence electrons. The van der Waals surface area contributed by atoms with E-state index >= 15 is 0 Å². The number of nitrogens with zero attached hydrogens (tertiary/aromatic N) is 2. The molecule has 2 aromatic carbocycles. The standard InChI is InChI=1S/C18H13ClF3N3O4/c19-14-10-12(18(20,21)22)2-5-16(14)29-13-3-4-15(25(27)28)11(8-13)9-17(26)24-7-1-6-23/h2-5,8,10H,1,7,9H2,(H,24,26). The largest absolute Gasteiger partial charge is 0.456 e. The highest BCUT2D eigenvalue weighted by molar-refractivity contribution is 6.32. The van der Waals surface area contributed by atoms with Crippen molar-refractivity contribution < 1.29 is 27.6 Å². The van der Waals surface area contributed by atoms with Crippen molar-refractivity contribution >= 4 is 23.2 Å². The number of carbonyl (C=O) groups is 1. The normalized spacial score (nSPS) is 10.9. The Morgan fingerprint density at radius 2 is 2.00 bits per heavy atom. The Labute approximate surface area is 167 Å². The van der Waals surface area contributed by atoms with Crippen LogP contribution in [0.15, 0.2) is 36.4 Å². The van der Waals surface area contributed by atoms with E-state index in [2.05, 4.69) is 5.32 Å². The second-order valence-corrected chi connectivity index (χ2v) is 6.13. The fraction of sp³-hybridized carbons (Fsp3) is 0.222. The monoisotopic (exact) mass is 427 g/mol. The van der Waals surface area contributed by atoms with Crippen molar-refractivity contribution in [2.75, 3.05) is 6.54 Å². The maximum atomic E-state index is 12.7. The van der Waals surface area contributed by atoms with E-state index in [9.17, 15) is 28.1 Å². The Kier molecular flexibility index (Phi) is 7.01. The number of rotatable bonds is 7. The molecule has 29 heavy (non-hydrogen) atoms. The molecular formula is C18H13ClF3N3O4. The van der Waals surface area contributed by atoms with Crippen molar-refractivity contribution in [2.45, 2.75) is 19.0 Å². The van der Waals surface area contributed by atoms with Gasteiger partial charge in [-0.1, -0.05) is 11.6 Å². The summed E-state index contributed by atoms with van der Waals surface area (Å²) in [5.41, 5.74) is -1.25. The van der Waals surface area contributed by atoms with Gasteiger partial charge in [-0.3, -0.25) is 14.9 Å². The first-order valence-corrected chi connectivity index (χ1v) is 8.45. The summed E-state index contributed by atoms with van der Waals surface area (Å²) in [5.74, 6) is -0.567. The van der Waals surface area contributed by atoms with Crippen molar-refractivity contribution in [1.82, 2.24) is 5.32 Å². The number of amides is 1. The number of carbonyl (C=O) groups excluding carboxylic acids is 1. The van der Waals surface area contributed by atoms with Gasteiger partial charge in [0.15, 0.2) is 0 Å². The molecule has 0 aliphatic heterocycles. The molecule has 0 radical (unpaired) electrons. The van der Waals surface area contributed by atoms with Gasteiger partial charge in [-0.15, -0.1) is 0 Å². The fourth-order valence-electron chi connectivity index (χ4n) is 2.33. The molecule has 2 rings (SSSR count). The first-order valence-electron chi connectivity index (χ1n) is 8.07. The molecule has 11 heteroatoms. The van der Waals surface area contributed by atoms with E-state index < -0.39 is 22.6 Å². The predicted octanol–water partition coefficient (Wildman–Crippen LogP) is 4.63. The fourth-order valence-corrected chi connectivity index (χ4v) is 2.54. The topological polar surface area (TPSA) is 105 Å². The molecule has 0 atom stereocenters. The van der Waals surface area contributed by atoms with E-state index in [0.717, 1.165) is 18.2 Å². The SMILES string of the molecule is N#CCCNC(=O)Cc1cc(Oc2ccc(C(F)(F)F)cc2Cl)ccc1[N+](=O)[O-]. The molecule has 2 aromatic rings. The molecule has 0 unspecified atom stereocenters. The molecule has 0 saturated carbocycles. The van der Waals surface area contributed by atoms with Crippen molar-refractivity contribution in [1.29, 1.82) is 5.26 Å². The highest BCUT2D eigenvalue weighted by Crippen LogP contribution is 2.37. The van der Waals surface area contributed by atoms with Crippen LogP contribution < -0.4 is 10.1 Å². The summed E-state index contributed by atoms with van der Waals surface area (Å²) in [6.45, 7) is 0.0977. The zero-order valence-electron chi connectivity index (χ0n) is 14.6. The number of nitrogens with one attached hydrogen (secondary N) is 1. The lowest BCUT2D eigenvalue weighted by atomic mass is 10.1. The van der Waals surface area contributed by atoms with Crippen LogP contribution in [0.2, 0.25) is 5.02 Å². The van der Waals surface area contributed by atoms with Crippen LogP contribution in [0, 0.1) is 21.4 Å². The van der Waals surface area contributed by atoms with Crippen LogP contribution in [0.4, 0.5) is 18.9 Å². The lowest BCUT2D eigenvalue weighted by Crippen LogP contribution is -2.26. The van der Waals surface area contributed by atoms with Gasteiger partial charge in [-0.25, -0.2) is 0 Å². The van der Waals surface area contributed by atoms with E-state index in [1.54, 1.807) is 0 Å². The smallest absolute Gasteiger partial charge is 0.416 e. The third-order valence-electron chi connectivity index (χ3n) is 3.64. The van der Waals surface area contributed by atoms with Crippen LogP contribution in [-0.2, 0) is 17.4 Å². The van der Waals surface area contributed by atoms with Gasteiger partial charge in [-0.05, 0) is 30.3 Å². The summed E-state index contributed by atoms with van der Waals surface area (Å²) in [4.78, 5) is 22.4. The number of ether oxygens (including phenoxy) is 1. The molecule has 0 fully saturated rings. The first kappa shape index (κ1) is 22.0. The maximum absolute atomic E-state index is 12.7. The summed E-state index contributed by atoms with van der Waals surface area (Å²) in [7, 11) is 0. The van der Waals surface area contributed by atoms with E-state index in [1.165, 1.54) is 12.1 Å². The minimum atomic E-state index is -4.57. The van der Waals surface area contributed by atoms with Crippen molar-refractivity contribution in [2.24, 2.45) is 0 Å². The zero-order valence-corrected chi connectivity index (χ0v) is 15.4. The second-order valence-electron chi connectivity index (χ2n) is 5.73. The van der Waals surface area contributed by atoms with Gasteiger partial charge in [0.1, 0.15) is 11.5 Å². The minimum Gasteiger partial charge on any atom is -0.456 e. The van der Waals surface area contributed by atoms with Gasteiger partial charge < -0.3 is 10.1 Å². The second kappa shape index (κ2) is 9.25. The van der Waals surface area contributed by atoms with Crippen LogP contribution in [-0.4, -0.2) is 17.4 Å². The lowest BCUT2D eigenvalue weighted by Gasteiger charge is -2.12. The zero-order chi connectivity index (χ0) is 21.6. The molecule has 1 amide bonds. The van der Waals surface area contributed by atoms with Gasteiger partial charge in [0.25, 0.3) is 5.69 Å². The van der Waals surface area contributed by atoms with Crippen LogP contribution in [0.1, 0.15) is 17.5 Å². The number of halogens is 4. The first-order chi connectivity index (χ1) is 13.6. The third-order valence-corrected chi connectivity index (χ3v) is 3.94. The maximum Gasteiger partial charge on any atom is 0.416 e. The van der Waals surface area contributed by atoms with E-state index in [-0.39, 0.29) is 47.2 Å². The highest BCUT2D eigenvalue weighted by Gasteiger charge is 2.31. The molecule has 0 aliphatic rings. The van der Waals surface area contributed by atoms with Crippen LogP contribution >= 0.6 is 11.6 Å². The molecule has 0 spiro atoms. The quantitative estimate of drug-likeness (QED) is 0.394. The summed E-state index contributed by atoms with van der Waals surface area (Å²) in [5, 5.41) is 21.8. The molecule has 0 aliphatic carbocycles. The van der Waals surface area contributed by atoms with E-state index in [1.807, 2.05) is 6.07 Å². The number of nitro groups is 1. The molecule has 1 N–H and O–H groups in total. The van der Waals surface area contributed by atoms with E-state index in [0.29, 0.717) is 6.07 Å². The van der Waals surface area contributed by atoms with Crippen molar-refractivity contribution in [3.63, 3.8) is 0 Å². The number of benzene rings is 2. The van der Waals surface area contributed by atoms with Gasteiger partial charge in [0.2, 0.25) is 5.91 Å². The minimum absolute atomic E-state index is 0.0324. The van der Waals surface area contributed by atoms with Crippen molar-refractivity contribution in [3.05, 3.63) is 62.7 Å².